The first kappa shape index (κ1) is 22.8. The summed E-state index contributed by atoms with van der Waals surface area (Å²) >= 11 is 5.60. The third-order valence-electron chi connectivity index (χ3n) is 8.07. The normalized spacial score (nSPS) is 26.7. The van der Waals surface area contributed by atoms with Crippen molar-refractivity contribution in [2.24, 2.45) is 17.8 Å². The Balaban J connectivity index is 1.26. The van der Waals surface area contributed by atoms with Crippen LogP contribution in [0.25, 0.3) is 11.1 Å². The Morgan fingerprint density at radius 1 is 0.710 bits per heavy atom. The molecule has 4 rings (SSSR count). The number of halogens is 3. The second kappa shape index (κ2) is 10.5. The van der Waals surface area contributed by atoms with Gasteiger partial charge in [0.25, 0.3) is 0 Å². The lowest BCUT2D eigenvalue weighted by atomic mass is 9.74. The topological polar surface area (TPSA) is 0 Å². The molecule has 168 valence electrons. The summed E-state index contributed by atoms with van der Waals surface area (Å²) < 4.78 is 27.6. The van der Waals surface area contributed by atoms with Gasteiger partial charge >= 0.3 is 0 Å². The predicted octanol–water partition coefficient (Wildman–Crippen LogP) is 9.56. The molecular weight excluding hydrogens is 410 g/mol. The largest absolute Gasteiger partial charge is 0.205 e. The van der Waals surface area contributed by atoms with E-state index < -0.39 is 16.7 Å². The van der Waals surface area contributed by atoms with Gasteiger partial charge in [0.05, 0.1) is 0 Å². The van der Waals surface area contributed by atoms with Crippen molar-refractivity contribution in [3.63, 3.8) is 0 Å². The minimum atomic E-state index is -0.711. The van der Waals surface area contributed by atoms with Crippen LogP contribution in [0.4, 0.5) is 8.78 Å². The maximum atomic E-state index is 13.8. The van der Waals surface area contributed by atoms with E-state index in [9.17, 15) is 8.78 Å². The first-order chi connectivity index (χ1) is 15.0. The molecule has 2 aromatic carbocycles. The second-order valence-electron chi connectivity index (χ2n) is 9.97. The van der Waals surface area contributed by atoms with Crippen molar-refractivity contribution in [2.45, 2.75) is 83.5 Å². The Kier molecular flexibility index (Phi) is 7.69. The predicted molar refractivity (Wildman–Crippen MR) is 126 cm³/mol. The summed E-state index contributed by atoms with van der Waals surface area (Å²) in [5, 5.41) is -0.439. The van der Waals surface area contributed by atoms with Gasteiger partial charge < -0.3 is 0 Å². The zero-order valence-corrected chi connectivity index (χ0v) is 19.4. The average Bonchev–Trinajstić information content (AvgIpc) is 2.81. The van der Waals surface area contributed by atoms with Crippen LogP contribution in [0, 0.1) is 29.4 Å². The van der Waals surface area contributed by atoms with Gasteiger partial charge in [0.2, 0.25) is 0 Å². The van der Waals surface area contributed by atoms with Crippen LogP contribution in [0.15, 0.2) is 36.4 Å². The van der Waals surface area contributed by atoms with Crippen molar-refractivity contribution in [1.82, 2.24) is 0 Å². The van der Waals surface area contributed by atoms with Crippen molar-refractivity contribution in [1.29, 1.82) is 0 Å². The van der Waals surface area contributed by atoms with E-state index in [1.165, 1.54) is 88.3 Å². The molecule has 0 radical (unpaired) electrons. The fraction of sp³-hybridized carbons (Fsp3) is 0.571. The van der Waals surface area contributed by atoms with E-state index in [4.69, 9.17) is 11.6 Å². The third-order valence-corrected chi connectivity index (χ3v) is 8.43. The Morgan fingerprint density at radius 2 is 1.19 bits per heavy atom. The highest BCUT2D eigenvalue weighted by Crippen LogP contribution is 2.40. The van der Waals surface area contributed by atoms with E-state index in [0.29, 0.717) is 11.5 Å². The van der Waals surface area contributed by atoms with Crippen molar-refractivity contribution >= 4 is 11.6 Å². The van der Waals surface area contributed by atoms with E-state index in [2.05, 4.69) is 19.1 Å². The molecule has 0 saturated heterocycles. The molecule has 0 nitrogen and oxygen atoms in total. The Bertz CT molecular complexity index is 821. The summed E-state index contributed by atoms with van der Waals surface area (Å²) in [4.78, 5) is 0. The summed E-state index contributed by atoms with van der Waals surface area (Å²) in [5.41, 5.74) is 2.71. The van der Waals surface area contributed by atoms with Crippen LogP contribution in [0.3, 0.4) is 0 Å². The van der Waals surface area contributed by atoms with Gasteiger partial charge in [0.15, 0.2) is 0 Å². The van der Waals surface area contributed by atoms with Crippen LogP contribution in [0.2, 0.25) is 5.02 Å². The molecule has 0 heterocycles. The fourth-order valence-electron chi connectivity index (χ4n) is 5.85. The van der Waals surface area contributed by atoms with Gasteiger partial charge in [-0.3, -0.25) is 0 Å². The number of hydrogen-bond acceptors (Lipinski definition) is 0. The lowest BCUT2D eigenvalue weighted by molar-refractivity contribution is 0.227. The summed E-state index contributed by atoms with van der Waals surface area (Å²) in [7, 11) is 0. The summed E-state index contributed by atoms with van der Waals surface area (Å²) in [6, 6.07) is 10.8. The van der Waals surface area contributed by atoms with Crippen LogP contribution in [-0.2, 0) is 0 Å². The lowest BCUT2D eigenvalue weighted by Gasteiger charge is -2.32. The van der Waals surface area contributed by atoms with Crippen LogP contribution in [-0.4, -0.2) is 0 Å². The molecule has 2 saturated carbocycles. The molecule has 0 atom stereocenters. The number of hydrogen-bond donors (Lipinski definition) is 0. The van der Waals surface area contributed by atoms with Gasteiger partial charge in [-0.15, -0.1) is 0 Å². The molecule has 0 unspecified atom stereocenters. The van der Waals surface area contributed by atoms with Crippen LogP contribution < -0.4 is 0 Å². The van der Waals surface area contributed by atoms with Crippen LogP contribution >= 0.6 is 11.6 Å². The first-order valence-electron chi connectivity index (χ1n) is 12.3. The molecule has 2 fully saturated rings. The molecule has 0 bridgehead atoms. The van der Waals surface area contributed by atoms with E-state index in [1.54, 1.807) is 0 Å². The summed E-state index contributed by atoms with van der Waals surface area (Å²) in [6.07, 6.45) is 15.3. The molecule has 2 aliphatic rings. The molecule has 0 aromatic heterocycles. The van der Waals surface area contributed by atoms with E-state index in [0.717, 1.165) is 23.3 Å². The zero-order valence-electron chi connectivity index (χ0n) is 18.7. The van der Waals surface area contributed by atoms with Crippen molar-refractivity contribution in [3.05, 3.63) is 58.6 Å². The molecule has 0 N–H and O–H groups in total. The SMILES string of the molecule is CCC1CCC(CCC2CCC(c3ccc(-c4cc(F)c(Cl)c(F)c4)cc3)CC2)CC1. The Labute approximate surface area is 191 Å². The van der Waals surface area contributed by atoms with E-state index in [-0.39, 0.29) is 0 Å². The highest BCUT2D eigenvalue weighted by molar-refractivity contribution is 6.31. The maximum Gasteiger partial charge on any atom is 0.145 e. The Morgan fingerprint density at radius 3 is 1.71 bits per heavy atom. The minimum Gasteiger partial charge on any atom is -0.205 e. The number of rotatable bonds is 6. The van der Waals surface area contributed by atoms with Crippen LogP contribution in [0.1, 0.15) is 89.0 Å². The third kappa shape index (κ3) is 5.69. The number of benzene rings is 2. The van der Waals surface area contributed by atoms with Crippen molar-refractivity contribution < 1.29 is 8.78 Å². The van der Waals surface area contributed by atoms with Crippen LogP contribution in [0.5, 0.6) is 0 Å². The van der Waals surface area contributed by atoms with E-state index in [1.807, 2.05) is 12.1 Å². The summed E-state index contributed by atoms with van der Waals surface area (Å²) in [5.74, 6) is 2.07. The second-order valence-corrected chi connectivity index (χ2v) is 10.3. The molecule has 3 heteroatoms. The molecule has 2 aromatic rings. The highest BCUT2D eigenvalue weighted by Gasteiger charge is 2.25. The molecule has 0 aliphatic heterocycles. The lowest BCUT2D eigenvalue weighted by Crippen LogP contribution is -2.17. The Hall–Kier alpha value is -1.41. The van der Waals surface area contributed by atoms with E-state index >= 15 is 0 Å². The fourth-order valence-corrected chi connectivity index (χ4v) is 5.96. The highest BCUT2D eigenvalue weighted by atomic mass is 35.5. The van der Waals surface area contributed by atoms with Gasteiger partial charge in [-0.25, -0.2) is 8.78 Å². The van der Waals surface area contributed by atoms with Gasteiger partial charge in [-0.1, -0.05) is 87.7 Å². The van der Waals surface area contributed by atoms with Gasteiger partial charge in [-0.05, 0) is 78.2 Å². The van der Waals surface area contributed by atoms with Crippen molar-refractivity contribution in [3.8, 4) is 11.1 Å². The van der Waals surface area contributed by atoms with Gasteiger partial charge in [-0.2, -0.15) is 0 Å². The molecule has 0 spiro atoms. The molecule has 2 aliphatic carbocycles. The quantitative estimate of drug-likeness (QED) is 0.389. The standard InChI is InChI=1S/C28H35ClF2/c1-2-19-3-5-20(6-4-19)7-8-21-9-11-22(12-10-21)23-13-15-24(16-14-23)25-17-26(30)28(29)27(31)18-25/h13-22H,2-12H2,1H3. The minimum absolute atomic E-state index is 0.439. The van der Waals surface area contributed by atoms with Gasteiger partial charge in [0.1, 0.15) is 16.7 Å². The zero-order chi connectivity index (χ0) is 21.8. The average molecular weight is 445 g/mol. The molecule has 31 heavy (non-hydrogen) atoms. The monoisotopic (exact) mass is 444 g/mol. The van der Waals surface area contributed by atoms with Crippen molar-refractivity contribution in [2.75, 3.05) is 0 Å². The first-order valence-corrected chi connectivity index (χ1v) is 12.7. The molecule has 0 amide bonds. The molecular formula is C28H35ClF2. The maximum absolute atomic E-state index is 13.8. The summed E-state index contributed by atoms with van der Waals surface area (Å²) in [6.45, 7) is 2.34. The van der Waals surface area contributed by atoms with Gasteiger partial charge in [0, 0.05) is 0 Å². The smallest absolute Gasteiger partial charge is 0.145 e.